The summed E-state index contributed by atoms with van der Waals surface area (Å²) in [6, 6.07) is 10.1. The molecule has 2 N–H and O–H groups in total. The van der Waals surface area contributed by atoms with E-state index in [1.54, 1.807) is 18.2 Å². The Kier molecular flexibility index (Phi) is 6.15. The van der Waals surface area contributed by atoms with Crippen molar-refractivity contribution in [2.24, 2.45) is 0 Å². The van der Waals surface area contributed by atoms with Gasteiger partial charge in [-0.3, -0.25) is 10.1 Å². The number of hydrogen-bond acceptors (Lipinski definition) is 6. The standard InChI is InChI=1S/C21H25NO5S/c1-4-5-11-26-20(25)14-8-6-7-13(12-14)15-9-10-16(27-15)18-22-17(19(23)24)21(2,3)28-18/h6-10,12,17-18,22H,4-5,11H2,1-3H3,(H,23,24). The molecule has 1 saturated heterocycles. The first-order valence-corrected chi connectivity index (χ1v) is 10.2. The lowest BCUT2D eigenvalue weighted by Crippen LogP contribution is -2.43. The van der Waals surface area contributed by atoms with Gasteiger partial charge in [0.25, 0.3) is 0 Å². The van der Waals surface area contributed by atoms with Crippen molar-refractivity contribution >= 4 is 23.7 Å². The van der Waals surface area contributed by atoms with E-state index in [4.69, 9.17) is 9.15 Å². The van der Waals surface area contributed by atoms with Crippen LogP contribution in [0, 0.1) is 0 Å². The summed E-state index contributed by atoms with van der Waals surface area (Å²) < 4.78 is 10.8. The van der Waals surface area contributed by atoms with Crippen LogP contribution in [0.5, 0.6) is 0 Å². The molecule has 2 aromatic rings. The monoisotopic (exact) mass is 403 g/mol. The topological polar surface area (TPSA) is 88.8 Å². The summed E-state index contributed by atoms with van der Waals surface area (Å²) in [6.45, 7) is 6.26. The van der Waals surface area contributed by atoms with E-state index in [-0.39, 0.29) is 11.3 Å². The highest BCUT2D eigenvalue weighted by Crippen LogP contribution is 2.46. The van der Waals surface area contributed by atoms with Crippen LogP contribution in [-0.2, 0) is 9.53 Å². The Morgan fingerprint density at radius 3 is 2.75 bits per heavy atom. The van der Waals surface area contributed by atoms with Gasteiger partial charge in [0.2, 0.25) is 0 Å². The fraction of sp³-hybridized carbons (Fsp3) is 0.429. The Morgan fingerprint density at radius 2 is 2.07 bits per heavy atom. The minimum atomic E-state index is -0.874. The molecular formula is C21H25NO5S. The zero-order valence-electron chi connectivity index (χ0n) is 16.2. The van der Waals surface area contributed by atoms with Gasteiger partial charge in [0.15, 0.2) is 0 Å². The number of thioether (sulfide) groups is 1. The molecule has 1 aliphatic heterocycles. The second-order valence-electron chi connectivity index (χ2n) is 7.31. The van der Waals surface area contributed by atoms with Gasteiger partial charge in [0.1, 0.15) is 22.9 Å². The molecule has 0 saturated carbocycles. The Balaban J connectivity index is 1.75. The number of benzene rings is 1. The first-order chi connectivity index (χ1) is 13.3. The largest absolute Gasteiger partial charge is 0.480 e. The Hall–Kier alpha value is -2.25. The van der Waals surface area contributed by atoms with Crippen molar-refractivity contribution in [2.75, 3.05) is 6.61 Å². The molecular weight excluding hydrogens is 378 g/mol. The summed E-state index contributed by atoms with van der Waals surface area (Å²) >= 11 is 1.53. The zero-order chi connectivity index (χ0) is 20.3. The number of rotatable bonds is 7. The van der Waals surface area contributed by atoms with E-state index >= 15 is 0 Å². The number of furan rings is 1. The van der Waals surface area contributed by atoms with Gasteiger partial charge in [-0.05, 0) is 44.5 Å². The lowest BCUT2D eigenvalue weighted by atomic mass is 10.0. The SMILES string of the molecule is CCCCOC(=O)c1cccc(-c2ccc(C3NC(C(=O)O)C(C)(C)S3)o2)c1. The van der Waals surface area contributed by atoms with E-state index in [0.29, 0.717) is 23.7 Å². The van der Waals surface area contributed by atoms with Gasteiger partial charge < -0.3 is 14.3 Å². The van der Waals surface area contributed by atoms with E-state index in [1.165, 1.54) is 11.8 Å². The molecule has 0 aliphatic carbocycles. The van der Waals surface area contributed by atoms with Crippen molar-refractivity contribution in [3.8, 4) is 11.3 Å². The molecule has 3 rings (SSSR count). The maximum atomic E-state index is 12.2. The molecule has 1 aromatic heterocycles. The fourth-order valence-corrected chi connectivity index (χ4v) is 4.47. The van der Waals surface area contributed by atoms with Crippen LogP contribution >= 0.6 is 11.8 Å². The second-order valence-corrected chi connectivity index (χ2v) is 9.07. The number of ether oxygens (including phenoxy) is 1. The van der Waals surface area contributed by atoms with Gasteiger partial charge >= 0.3 is 11.9 Å². The minimum absolute atomic E-state index is 0.243. The third-order valence-electron chi connectivity index (χ3n) is 4.68. The van der Waals surface area contributed by atoms with E-state index in [1.807, 2.05) is 39.0 Å². The summed E-state index contributed by atoms with van der Waals surface area (Å²) in [4.78, 5) is 23.6. The first-order valence-electron chi connectivity index (χ1n) is 9.36. The van der Waals surface area contributed by atoms with Crippen LogP contribution in [0.3, 0.4) is 0 Å². The van der Waals surface area contributed by atoms with Crippen molar-refractivity contribution in [1.29, 1.82) is 0 Å². The van der Waals surface area contributed by atoms with Crippen LogP contribution in [0.1, 0.15) is 55.1 Å². The van der Waals surface area contributed by atoms with E-state index in [2.05, 4.69) is 5.32 Å². The quantitative estimate of drug-likeness (QED) is 0.521. The molecule has 1 aliphatic rings. The summed E-state index contributed by atoms with van der Waals surface area (Å²) in [7, 11) is 0. The van der Waals surface area contributed by atoms with Gasteiger partial charge in [-0.25, -0.2) is 4.79 Å². The molecule has 2 atom stereocenters. The molecule has 0 spiro atoms. The second kappa shape index (κ2) is 8.41. The number of hydrogen-bond donors (Lipinski definition) is 2. The van der Waals surface area contributed by atoms with Crippen LogP contribution in [0.2, 0.25) is 0 Å². The number of carbonyl (C=O) groups excluding carboxylic acids is 1. The van der Waals surface area contributed by atoms with Gasteiger partial charge in [-0.1, -0.05) is 25.5 Å². The third kappa shape index (κ3) is 4.42. The molecule has 1 fully saturated rings. The summed E-state index contributed by atoms with van der Waals surface area (Å²) in [6.07, 6.45) is 1.81. The predicted octanol–water partition coefficient (Wildman–Crippen LogP) is 4.47. The fourth-order valence-electron chi connectivity index (χ4n) is 3.11. The number of carboxylic acid groups (broad SMARTS) is 1. The minimum Gasteiger partial charge on any atom is -0.480 e. The van der Waals surface area contributed by atoms with Crippen LogP contribution in [0.15, 0.2) is 40.8 Å². The number of unbranched alkanes of at least 4 members (excludes halogenated alkanes) is 1. The Labute approximate surface area is 168 Å². The highest BCUT2D eigenvalue weighted by atomic mass is 32.2. The summed E-state index contributed by atoms with van der Waals surface area (Å²) in [5.74, 6) is 0.0622. The number of esters is 1. The van der Waals surface area contributed by atoms with Crippen molar-refractivity contribution in [3.05, 3.63) is 47.7 Å². The molecule has 0 amide bonds. The third-order valence-corrected chi connectivity index (χ3v) is 6.13. The van der Waals surface area contributed by atoms with Gasteiger partial charge in [0, 0.05) is 10.3 Å². The van der Waals surface area contributed by atoms with Crippen molar-refractivity contribution in [1.82, 2.24) is 5.32 Å². The maximum absolute atomic E-state index is 12.2. The summed E-state index contributed by atoms with van der Waals surface area (Å²) in [5.41, 5.74) is 1.25. The average Bonchev–Trinajstić information content (AvgIpc) is 3.26. The molecule has 28 heavy (non-hydrogen) atoms. The van der Waals surface area contributed by atoms with Crippen molar-refractivity contribution < 1.29 is 23.8 Å². The smallest absolute Gasteiger partial charge is 0.338 e. The zero-order valence-corrected chi connectivity index (χ0v) is 17.0. The van der Waals surface area contributed by atoms with Crippen LogP contribution in [0.25, 0.3) is 11.3 Å². The molecule has 0 bridgehead atoms. The number of aliphatic carboxylic acids is 1. The molecule has 6 nitrogen and oxygen atoms in total. The van der Waals surface area contributed by atoms with Gasteiger partial charge in [-0.2, -0.15) is 0 Å². The highest BCUT2D eigenvalue weighted by Gasteiger charge is 2.46. The highest BCUT2D eigenvalue weighted by molar-refractivity contribution is 8.01. The van der Waals surface area contributed by atoms with Crippen molar-refractivity contribution in [2.45, 2.75) is 49.8 Å². The normalized spacial score (nSPS) is 20.8. The summed E-state index contributed by atoms with van der Waals surface area (Å²) in [5, 5.41) is 12.3. The van der Waals surface area contributed by atoms with Gasteiger partial charge in [-0.15, -0.1) is 11.8 Å². The molecule has 2 unspecified atom stereocenters. The Morgan fingerprint density at radius 1 is 1.29 bits per heavy atom. The van der Waals surface area contributed by atoms with Crippen LogP contribution in [-0.4, -0.2) is 34.4 Å². The maximum Gasteiger partial charge on any atom is 0.338 e. The van der Waals surface area contributed by atoms with Crippen LogP contribution < -0.4 is 5.32 Å². The van der Waals surface area contributed by atoms with E-state index < -0.39 is 16.8 Å². The molecule has 150 valence electrons. The van der Waals surface area contributed by atoms with Crippen LogP contribution in [0.4, 0.5) is 0 Å². The Bertz CT molecular complexity index is 860. The molecule has 0 radical (unpaired) electrons. The first kappa shape index (κ1) is 20.5. The number of carboxylic acids is 1. The van der Waals surface area contributed by atoms with E-state index in [0.717, 1.165) is 18.4 Å². The average molecular weight is 404 g/mol. The predicted molar refractivity (Wildman–Crippen MR) is 108 cm³/mol. The number of nitrogens with one attached hydrogen (secondary N) is 1. The van der Waals surface area contributed by atoms with E-state index in [9.17, 15) is 14.7 Å². The number of carbonyl (C=O) groups is 2. The van der Waals surface area contributed by atoms with Gasteiger partial charge in [0.05, 0.1) is 12.2 Å². The lowest BCUT2D eigenvalue weighted by molar-refractivity contribution is -0.139. The lowest BCUT2D eigenvalue weighted by Gasteiger charge is -2.20. The molecule has 1 aromatic carbocycles. The molecule has 2 heterocycles. The molecule has 7 heteroatoms. The van der Waals surface area contributed by atoms with Crippen molar-refractivity contribution in [3.63, 3.8) is 0 Å².